The van der Waals surface area contributed by atoms with Crippen molar-refractivity contribution in [3.05, 3.63) is 33.7 Å². The van der Waals surface area contributed by atoms with E-state index >= 15 is 0 Å². The average molecular weight is 499 g/mol. The molecule has 156 valence electrons. The fraction of sp³-hybridized carbons (Fsp3) is 0.526. The molecule has 7 nitrogen and oxygen atoms in total. The van der Waals surface area contributed by atoms with Crippen molar-refractivity contribution >= 4 is 56.4 Å². The molecule has 0 aliphatic carbocycles. The first-order valence-corrected chi connectivity index (χ1v) is 12.2. The Hall–Kier alpha value is -1.39. The summed E-state index contributed by atoms with van der Waals surface area (Å²) in [6.07, 6.45) is 6.86. The van der Waals surface area contributed by atoms with E-state index in [1.165, 1.54) is 8.72 Å². The first-order valence-electron chi connectivity index (χ1n) is 9.61. The van der Waals surface area contributed by atoms with Crippen LogP contribution in [0.2, 0.25) is 0 Å². The van der Waals surface area contributed by atoms with Crippen LogP contribution >= 0.6 is 39.5 Å². The van der Waals surface area contributed by atoms with Gasteiger partial charge < -0.3 is 20.3 Å². The number of likely N-dealkylation sites (tertiary alicyclic amines) is 1. The van der Waals surface area contributed by atoms with Gasteiger partial charge in [0.25, 0.3) is 0 Å². The van der Waals surface area contributed by atoms with E-state index in [0.29, 0.717) is 17.0 Å². The number of amides is 2. The number of carboxylic acid groups (broad SMARTS) is 1. The van der Waals surface area contributed by atoms with Gasteiger partial charge in [0, 0.05) is 25.8 Å². The molecule has 0 aromatic carbocycles. The Labute approximate surface area is 186 Å². The van der Waals surface area contributed by atoms with E-state index in [1.807, 2.05) is 43.6 Å². The normalized spacial score (nSPS) is 27.0. The summed E-state index contributed by atoms with van der Waals surface area (Å²) in [5.41, 5.74) is 0.980. The molecule has 3 aliphatic heterocycles. The zero-order valence-electron chi connectivity index (χ0n) is 16.1. The van der Waals surface area contributed by atoms with E-state index in [1.54, 1.807) is 4.90 Å². The number of carbonyl (C=O) groups is 2. The lowest BCUT2D eigenvalue weighted by Crippen LogP contribution is -2.50. The summed E-state index contributed by atoms with van der Waals surface area (Å²) in [5.74, 6) is 0.459. The molecular weight excluding hydrogens is 476 g/mol. The molecule has 1 aromatic heterocycles. The third kappa shape index (κ3) is 4.25. The summed E-state index contributed by atoms with van der Waals surface area (Å²) in [4.78, 5) is 35.1. The summed E-state index contributed by atoms with van der Waals surface area (Å²) in [5, 5.41) is 12.4. The van der Waals surface area contributed by atoms with Crippen LogP contribution in [0.5, 0.6) is 0 Å². The molecule has 4 rings (SSSR count). The van der Waals surface area contributed by atoms with Gasteiger partial charge in [-0.05, 0) is 40.8 Å². The quantitative estimate of drug-likeness (QED) is 0.563. The number of nitrogens with one attached hydrogen (secondary N) is 2. The van der Waals surface area contributed by atoms with Crippen LogP contribution in [0, 0.1) is 5.92 Å². The van der Waals surface area contributed by atoms with Gasteiger partial charge in [-0.25, -0.2) is 9.78 Å². The zero-order chi connectivity index (χ0) is 20.7. The molecule has 0 saturated carbocycles. The standard InChI is InChI=1S/C19H23BrN4O3S2/c1-9(2)16(23-19(26)27)18(25)24-5-3-4-11(24)17-21-8-10(22-17)12-6-13-14(28-12)7-15(20)29-13/h6-9,11,13-14,16,23H,3-5H2,1-2H3,(H,21,22)(H,26,27). The largest absolute Gasteiger partial charge is 0.465 e. The second-order valence-electron chi connectivity index (χ2n) is 7.71. The highest BCUT2D eigenvalue weighted by molar-refractivity contribution is 9.14. The summed E-state index contributed by atoms with van der Waals surface area (Å²) < 4.78 is 1.19. The number of carbonyl (C=O) groups excluding carboxylic acids is 1. The second-order valence-corrected chi connectivity index (χ2v) is 11.5. The molecule has 4 atom stereocenters. The van der Waals surface area contributed by atoms with Crippen LogP contribution in [0.3, 0.4) is 0 Å². The number of H-pyrrole nitrogens is 1. The van der Waals surface area contributed by atoms with E-state index < -0.39 is 12.1 Å². The van der Waals surface area contributed by atoms with Crippen molar-refractivity contribution in [2.45, 2.75) is 49.3 Å². The fourth-order valence-corrected chi connectivity index (χ4v) is 7.63. The lowest BCUT2D eigenvalue weighted by Gasteiger charge is -2.29. The van der Waals surface area contributed by atoms with Gasteiger partial charge >= 0.3 is 6.09 Å². The lowest BCUT2D eigenvalue weighted by atomic mass is 10.0. The smallest absolute Gasteiger partial charge is 0.405 e. The van der Waals surface area contributed by atoms with Crippen molar-refractivity contribution in [1.29, 1.82) is 0 Å². The number of nitrogens with zero attached hydrogens (tertiary/aromatic N) is 2. The van der Waals surface area contributed by atoms with E-state index in [4.69, 9.17) is 5.11 Å². The van der Waals surface area contributed by atoms with Gasteiger partial charge in [-0.1, -0.05) is 19.9 Å². The maximum Gasteiger partial charge on any atom is 0.405 e. The van der Waals surface area contributed by atoms with Crippen molar-refractivity contribution < 1.29 is 14.7 Å². The molecular formula is C19H23BrN4O3S2. The Morgan fingerprint density at radius 3 is 2.79 bits per heavy atom. The maximum absolute atomic E-state index is 13.1. The third-order valence-corrected chi connectivity index (χ3v) is 8.74. The number of imidazole rings is 1. The first-order chi connectivity index (χ1) is 13.8. The third-order valence-electron chi connectivity index (χ3n) is 5.37. The molecule has 10 heteroatoms. The minimum absolute atomic E-state index is 0.128. The number of hydrogen-bond acceptors (Lipinski definition) is 5. The Morgan fingerprint density at radius 2 is 2.10 bits per heavy atom. The molecule has 29 heavy (non-hydrogen) atoms. The molecule has 0 radical (unpaired) electrons. The molecule has 0 spiro atoms. The highest BCUT2D eigenvalue weighted by Crippen LogP contribution is 2.51. The van der Waals surface area contributed by atoms with Crippen LogP contribution in [-0.4, -0.2) is 55.1 Å². The molecule has 1 aromatic rings. The fourth-order valence-electron chi connectivity index (χ4n) is 3.95. The maximum atomic E-state index is 13.1. The Morgan fingerprint density at radius 1 is 1.34 bits per heavy atom. The second kappa shape index (κ2) is 8.39. The van der Waals surface area contributed by atoms with Crippen LogP contribution in [0.4, 0.5) is 4.79 Å². The number of thioether (sulfide) groups is 2. The van der Waals surface area contributed by atoms with Crippen molar-refractivity contribution in [3.8, 4) is 0 Å². The van der Waals surface area contributed by atoms with Crippen molar-refractivity contribution in [1.82, 2.24) is 20.2 Å². The predicted molar refractivity (Wildman–Crippen MR) is 120 cm³/mol. The summed E-state index contributed by atoms with van der Waals surface area (Å²) in [6, 6.07) is -0.903. The van der Waals surface area contributed by atoms with E-state index in [2.05, 4.69) is 43.4 Å². The van der Waals surface area contributed by atoms with E-state index in [-0.39, 0.29) is 17.9 Å². The topological polar surface area (TPSA) is 98.3 Å². The van der Waals surface area contributed by atoms with Crippen molar-refractivity contribution in [2.24, 2.45) is 5.92 Å². The van der Waals surface area contributed by atoms with Crippen LogP contribution in [0.15, 0.2) is 22.2 Å². The van der Waals surface area contributed by atoms with Crippen LogP contribution in [-0.2, 0) is 4.79 Å². The van der Waals surface area contributed by atoms with Gasteiger partial charge in [0.15, 0.2) is 0 Å². The van der Waals surface area contributed by atoms with Gasteiger partial charge in [-0.15, -0.1) is 23.5 Å². The van der Waals surface area contributed by atoms with Crippen molar-refractivity contribution in [3.63, 3.8) is 0 Å². The monoisotopic (exact) mass is 498 g/mol. The molecule has 4 unspecified atom stereocenters. The lowest BCUT2D eigenvalue weighted by molar-refractivity contribution is -0.135. The summed E-state index contributed by atoms with van der Waals surface area (Å²) >= 11 is 7.20. The van der Waals surface area contributed by atoms with Gasteiger partial charge in [0.05, 0.1) is 17.9 Å². The number of aromatic amines is 1. The molecule has 1 fully saturated rings. The van der Waals surface area contributed by atoms with Gasteiger partial charge in [0.2, 0.25) is 5.91 Å². The predicted octanol–water partition coefficient (Wildman–Crippen LogP) is 4.17. The highest BCUT2D eigenvalue weighted by atomic mass is 79.9. The van der Waals surface area contributed by atoms with E-state index in [9.17, 15) is 9.59 Å². The Bertz CT molecular complexity index is 885. The highest BCUT2D eigenvalue weighted by Gasteiger charge is 2.38. The minimum Gasteiger partial charge on any atom is -0.465 e. The Kier molecular flexibility index (Phi) is 6.04. The molecule has 3 aliphatic rings. The number of aromatic nitrogens is 2. The number of halogens is 1. The molecule has 4 heterocycles. The number of fused-ring (bicyclic) bond motifs is 1. The summed E-state index contributed by atoms with van der Waals surface area (Å²) in [6.45, 7) is 4.31. The Balaban J connectivity index is 1.49. The minimum atomic E-state index is -1.18. The van der Waals surface area contributed by atoms with Gasteiger partial charge in [0.1, 0.15) is 11.9 Å². The zero-order valence-corrected chi connectivity index (χ0v) is 19.3. The van der Waals surface area contributed by atoms with Gasteiger partial charge in [-0.2, -0.15) is 0 Å². The first kappa shape index (κ1) is 20.9. The van der Waals surface area contributed by atoms with Crippen molar-refractivity contribution in [2.75, 3.05) is 6.54 Å². The van der Waals surface area contributed by atoms with Gasteiger partial charge in [-0.3, -0.25) is 4.79 Å². The van der Waals surface area contributed by atoms with Crippen LogP contribution in [0.25, 0.3) is 4.91 Å². The molecule has 0 bridgehead atoms. The number of hydrogen-bond donors (Lipinski definition) is 3. The number of rotatable bonds is 5. The SMILES string of the molecule is CC(C)C(NC(=O)O)C(=O)N1CCCC1c1ncc(C2=CC3SC(Br)=CC3S2)[nH]1. The summed E-state index contributed by atoms with van der Waals surface area (Å²) in [7, 11) is 0. The van der Waals surface area contributed by atoms with Crippen LogP contribution in [0.1, 0.15) is 44.2 Å². The van der Waals surface area contributed by atoms with Crippen LogP contribution < -0.4 is 5.32 Å². The molecule has 1 saturated heterocycles. The molecule has 3 N–H and O–H groups in total. The molecule has 2 amide bonds. The van der Waals surface area contributed by atoms with E-state index in [0.717, 1.165) is 24.4 Å². The average Bonchev–Trinajstić information content (AvgIpc) is 3.39.